The van der Waals surface area contributed by atoms with E-state index in [1.54, 1.807) is 12.1 Å². The Hall–Kier alpha value is -1.26. The van der Waals surface area contributed by atoms with Crippen LogP contribution in [0.25, 0.3) is 0 Å². The van der Waals surface area contributed by atoms with Gasteiger partial charge in [0.05, 0.1) is 12.1 Å². The van der Waals surface area contributed by atoms with Gasteiger partial charge >= 0.3 is 0 Å². The van der Waals surface area contributed by atoms with Gasteiger partial charge in [0.25, 0.3) is 0 Å². The number of amides is 1. The van der Waals surface area contributed by atoms with E-state index >= 15 is 0 Å². The number of ether oxygens (including phenoxy) is 1. The minimum absolute atomic E-state index is 0.183. The van der Waals surface area contributed by atoms with Crippen LogP contribution in [0.2, 0.25) is 5.02 Å². The Kier molecular flexibility index (Phi) is 4.78. The molecule has 0 spiro atoms. The van der Waals surface area contributed by atoms with Crippen LogP contribution in [0.15, 0.2) is 18.2 Å². The number of benzene rings is 1. The summed E-state index contributed by atoms with van der Waals surface area (Å²) in [5.74, 6) is 0.215. The quantitative estimate of drug-likeness (QED) is 0.840. The summed E-state index contributed by atoms with van der Waals surface area (Å²) in [6, 6.07) is 4.68. The SMILES string of the molecule is Cc1cc(Cl)ccc1OC(C)CC(N)C(N)=O. The standard InChI is InChI=1S/C12H17ClN2O2/c1-7-5-9(13)3-4-11(7)17-8(2)6-10(14)12(15)16/h3-5,8,10H,6,14H2,1-2H3,(H2,15,16). The lowest BCUT2D eigenvalue weighted by Crippen LogP contribution is -2.39. The number of halogens is 1. The Labute approximate surface area is 106 Å². The molecule has 17 heavy (non-hydrogen) atoms. The second kappa shape index (κ2) is 5.89. The van der Waals surface area contributed by atoms with Crippen molar-refractivity contribution in [3.63, 3.8) is 0 Å². The highest BCUT2D eigenvalue weighted by Gasteiger charge is 2.15. The first kappa shape index (κ1) is 13.8. The Morgan fingerprint density at radius 2 is 2.18 bits per heavy atom. The number of primary amides is 1. The second-order valence-electron chi connectivity index (χ2n) is 4.08. The van der Waals surface area contributed by atoms with E-state index in [4.69, 9.17) is 27.8 Å². The molecule has 0 bridgehead atoms. The Morgan fingerprint density at radius 1 is 1.53 bits per heavy atom. The Morgan fingerprint density at radius 3 is 2.71 bits per heavy atom. The van der Waals surface area contributed by atoms with Gasteiger partial charge in [0, 0.05) is 11.4 Å². The van der Waals surface area contributed by atoms with Crippen LogP contribution in [0.5, 0.6) is 5.75 Å². The van der Waals surface area contributed by atoms with Crippen molar-refractivity contribution in [3.8, 4) is 5.75 Å². The lowest BCUT2D eigenvalue weighted by atomic mass is 10.1. The smallest absolute Gasteiger partial charge is 0.234 e. The zero-order valence-corrected chi connectivity index (χ0v) is 10.7. The molecule has 1 aromatic rings. The number of rotatable bonds is 5. The van der Waals surface area contributed by atoms with E-state index in [1.165, 1.54) is 0 Å². The predicted octanol–water partition coefficient (Wildman–Crippen LogP) is 1.62. The summed E-state index contributed by atoms with van der Waals surface area (Å²) in [6.45, 7) is 3.75. The molecule has 0 radical (unpaired) electrons. The highest BCUT2D eigenvalue weighted by Crippen LogP contribution is 2.23. The van der Waals surface area contributed by atoms with Gasteiger partial charge in [0.15, 0.2) is 0 Å². The van der Waals surface area contributed by atoms with E-state index in [2.05, 4.69) is 0 Å². The van der Waals surface area contributed by atoms with Crippen LogP contribution < -0.4 is 16.2 Å². The van der Waals surface area contributed by atoms with Crippen molar-refractivity contribution in [1.29, 1.82) is 0 Å². The molecule has 4 N–H and O–H groups in total. The summed E-state index contributed by atoms with van der Waals surface area (Å²) in [7, 11) is 0. The summed E-state index contributed by atoms with van der Waals surface area (Å²) in [4.78, 5) is 10.8. The van der Waals surface area contributed by atoms with Gasteiger partial charge in [0.2, 0.25) is 5.91 Å². The molecule has 94 valence electrons. The van der Waals surface area contributed by atoms with Gasteiger partial charge in [-0.3, -0.25) is 4.79 Å². The molecule has 0 aromatic heterocycles. The predicted molar refractivity (Wildman–Crippen MR) is 68.1 cm³/mol. The molecule has 1 rings (SSSR count). The number of carbonyl (C=O) groups excluding carboxylic acids is 1. The van der Waals surface area contributed by atoms with Gasteiger partial charge in [-0.25, -0.2) is 0 Å². The third-order valence-corrected chi connectivity index (χ3v) is 2.65. The Balaban J connectivity index is 2.62. The average Bonchev–Trinajstić information content (AvgIpc) is 2.22. The van der Waals surface area contributed by atoms with Crippen molar-refractivity contribution in [1.82, 2.24) is 0 Å². The van der Waals surface area contributed by atoms with E-state index < -0.39 is 11.9 Å². The number of hydrogen-bond acceptors (Lipinski definition) is 3. The third kappa shape index (κ3) is 4.24. The van der Waals surface area contributed by atoms with Crippen LogP contribution in [0.4, 0.5) is 0 Å². The summed E-state index contributed by atoms with van der Waals surface area (Å²) in [5, 5.41) is 0.663. The average molecular weight is 257 g/mol. The first-order valence-electron chi connectivity index (χ1n) is 5.38. The van der Waals surface area contributed by atoms with Crippen molar-refractivity contribution in [2.45, 2.75) is 32.4 Å². The number of aryl methyl sites for hydroxylation is 1. The van der Waals surface area contributed by atoms with Gasteiger partial charge in [0.1, 0.15) is 5.75 Å². The van der Waals surface area contributed by atoms with Gasteiger partial charge in [-0.2, -0.15) is 0 Å². The molecule has 0 fully saturated rings. The fourth-order valence-corrected chi connectivity index (χ4v) is 1.71. The van der Waals surface area contributed by atoms with E-state index in [0.29, 0.717) is 11.4 Å². The van der Waals surface area contributed by atoms with Gasteiger partial charge in [-0.05, 0) is 37.6 Å². The van der Waals surface area contributed by atoms with E-state index in [0.717, 1.165) is 11.3 Å². The first-order chi connectivity index (χ1) is 7.90. The number of carbonyl (C=O) groups is 1. The minimum Gasteiger partial charge on any atom is -0.490 e. The molecule has 2 unspecified atom stereocenters. The van der Waals surface area contributed by atoms with Crippen LogP contribution in [-0.4, -0.2) is 18.1 Å². The van der Waals surface area contributed by atoms with Gasteiger partial charge in [-0.1, -0.05) is 11.6 Å². The second-order valence-corrected chi connectivity index (χ2v) is 4.52. The monoisotopic (exact) mass is 256 g/mol. The van der Waals surface area contributed by atoms with E-state index in [9.17, 15) is 4.79 Å². The molecular formula is C12H17ClN2O2. The van der Waals surface area contributed by atoms with Gasteiger partial charge in [-0.15, -0.1) is 0 Å². The van der Waals surface area contributed by atoms with Crippen LogP contribution >= 0.6 is 11.6 Å². The lowest BCUT2D eigenvalue weighted by molar-refractivity contribution is -0.119. The highest BCUT2D eigenvalue weighted by atomic mass is 35.5. The fourth-order valence-electron chi connectivity index (χ4n) is 1.48. The van der Waals surface area contributed by atoms with Crippen molar-refractivity contribution >= 4 is 17.5 Å². The largest absolute Gasteiger partial charge is 0.490 e. The molecule has 0 aliphatic heterocycles. The van der Waals surface area contributed by atoms with Crippen LogP contribution in [0.1, 0.15) is 18.9 Å². The van der Waals surface area contributed by atoms with Crippen molar-refractivity contribution in [2.24, 2.45) is 11.5 Å². The molecular weight excluding hydrogens is 240 g/mol. The molecule has 0 aliphatic carbocycles. The zero-order valence-electron chi connectivity index (χ0n) is 9.94. The summed E-state index contributed by atoms with van der Waals surface area (Å²) in [5.41, 5.74) is 11.6. The van der Waals surface area contributed by atoms with Crippen LogP contribution in [0.3, 0.4) is 0 Å². The molecule has 0 aliphatic rings. The van der Waals surface area contributed by atoms with Crippen molar-refractivity contribution in [3.05, 3.63) is 28.8 Å². The molecule has 2 atom stereocenters. The molecule has 5 heteroatoms. The fraction of sp³-hybridized carbons (Fsp3) is 0.417. The number of hydrogen-bond donors (Lipinski definition) is 2. The zero-order chi connectivity index (χ0) is 13.0. The maximum Gasteiger partial charge on any atom is 0.234 e. The molecule has 1 aromatic carbocycles. The molecule has 4 nitrogen and oxygen atoms in total. The minimum atomic E-state index is -0.683. The normalized spacial score (nSPS) is 14.1. The molecule has 0 heterocycles. The lowest BCUT2D eigenvalue weighted by Gasteiger charge is -2.18. The van der Waals surface area contributed by atoms with Crippen LogP contribution in [-0.2, 0) is 4.79 Å². The third-order valence-electron chi connectivity index (χ3n) is 2.42. The van der Waals surface area contributed by atoms with Crippen molar-refractivity contribution < 1.29 is 9.53 Å². The Bertz CT molecular complexity index is 409. The molecule has 0 saturated heterocycles. The van der Waals surface area contributed by atoms with Crippen LogP contribution in [0, 0.1) is 6.92 Å². The maximum atomic E-state index is 10.8. The van der Waals surface area contributed by atoms with E-state index in [1.807, 2.05) is 19.9 Å². The molecule has 0 saturated carbocycles. The first-order valence-corrected chi connectivity index (χ1v) is 5.75. The summed E-state index contributed by atoms with van der Waals surface area (Å²) >= 11 is 5.84. The van der Waals surface area contributed by atoms with Gasteiger partial charge < -0.3 is 16.2 Å². The summed E-state index contributed by atoms with van der Waals surface area (Å²) < 4.78 is 5.67. The maximum absolute atomic E-state index is 10.8. The molecule has 1 amide bonds. The highest BCUT2D eigenvalue weighted by molar-refractivity contribution is 6.30. The number of nitrogens with two attached hydrogens (primary N) is 2. The summed E-state index contributed by atoms with van der Waals surface area (Å²) in [6.07, 6.45) is 0.203. The van der Waals surface area contributed by atoms with Crippen molar-refractivity contribution in [2.75, 3.05) is 0 Å². The topological polar surface area (TPSA) is 78.3 Å². The van der Waals surface area contributed by atoms with E-state index in [-0.39, 0.29) is 6.10 Å².